The molecule has 192 valence electrons. The first kappa shape index (κ1) is 25.0. The Balaban J connectivity index is 1.41. The van der Waals surface area contributed by atoms with Crippen LogP contribution in [-0.2, 0) is 32.0 Å². The van der Waals surface area contributed by atoms with Gasteiger partial charge in [-0.2, -0.15) is 26.3 Å². The van der Waals surface area contributed by atoms with Crippen LogP contribution in [0.2, 0.25) is 0 Å². The molecule has 2 saturated carbocycles. The van der Waals surface area contributed by atoms with Crippen molar-refractivity contribution in [2.24, 2.45) is 0 Å². The molecule has 0 amide bonds. The molecule has 0 aliphatic heterocycles. The highest BCUT2D eigenvalue weighted by atomic mass is 19.4. The van der Waals surface area contributed by atoms with Crippen molar-refractivity contribution in [1.29, 1.82) is 0 Å². The molecule has 2 aliphatic carbocycles. The summed E-state index contributed by atoms with van der Waals surface area (Å²) >= 11 is 0. The molecule has 0 bridgehead atoms. The molecule has 0 unspecified atom stereocenters. The molecule has 0 saturated heterocycles. The fourth-order valence-corrected chi connectivity index (χ4v) is 4.76. The van der Waals surface area contributed by atoms with Gasteiger partial charge in [0.15, 0.2) is 0 Å². The largest absolute Gasteiger partial charge is 0.416 e. The smallest absolute Gasteiger partial charge is 0.309 e. The minimum absolute atomic E-state index is 0.0686. The second-order valence-corrected chi connectivity index (χ2v) is 9.93. The van der Waals surface area contributed by atoms with Crippen molar-refractivity contribution in [3.05, 3.63) is 76.0 Å². The number of aryl methyl sites for hydroxylation is 1. The van der Waals surface area contributed by atoms with Gasteiger partial charge in [0.2, 0.25) is 0 Å². The molecule has 0 atom stereocenters. The van der Waals surface area contributed by atoms with Crippen LogP contribution in [0.15, 0.2) is 42.6 Å². The van der Waals surface area contributed by atoms with E-state index >= 15 is 0 Å². The standard InChI is InChI=1S/C27H27F6N3/c1-16-2-7-25-23(8-16)24(15-36(21-3-4-21)22-5-6-22)18(14-35-25)13-34-12-17-9-19(26(28,29)30)11-20(10-17)27(31,32)33/h2,7-11,14,21-22,34H,3-6,12-13,15H2,1H3. The van der Waals surface area contributed by atoms with Crippen LogP contribution in [0.1, 0.15) is 59.1 Å². The minimum atomic E-state index is -4.86. The third-order valence-electron chi connectivity index (χ3n) is 6.89. The number of pyridine rings is 1. The number of halogens is 6. The lowest BCUT2D eigenvalue weighted by molar-refractivity contribution is -0.143. The van der Waals surface area contributed by atoms with Gasteiger partial charge in [-0.1, -0.05) is 11.6 Å². The van der Waals surface area contributed by atoms with Gasteiger partial charge in [0, 0.05) is 43.3 Å². The van der Waals surface area contributed by atoms with E-state index in [0.717, 1.165) is 46.3 Å². The normalized spacial score (nSPS) is 16.8. The summed E-state index contributed by atoms with van der Waals surface area (Å²) in [5.41, 5.74) is 1.32. The molecule has 2 aliphatic rings. The lowest BCUT2D eigenvalue weighted by atomic mass is 10.0. The number of hydrogen-bond acceptors (Lipinski definition) is 3. The zero-order valence-electron chi connectivity index (χ0n) is 19.8. The third-order valence-corrected chi connectivity index (χ3v) is 6.89. The first-order chi connectivity index (χ1) is 17.0. The molecular weight excluding hydrogens is 480 g/mol. The molecular formula is C27H27F6N3. The van der Waals surface area contributed by atoms with Crippen LogP contribution >= 0.6 is 0 Å². The summed E-state index contributed by atoms with van der Waals surface area (Å²) in [5.74, 6) is 0. The van der Waals surface area contributed by atoms with E-state index in [2.05, 4.69) is 21.3 Å². The maximum atomic E-state index is 13.2. The maximum Gasteiger partial charge on any atom is 0.416 e. The van der Waals surface area contributed by atoms with Gasteiger partial charge in [0.05, 0.1) is 16.6 Å². The van der Waals surface area contributed by atoms with Crippen molar-refractivity contribution < 1.29 is 26.3 Å². The molecule has 2 fully saturated rings. The average Bonchev–Trinajstić information content (AvgIpc) is 3.71. The van der Waals surface area contributed by atoms with Crippen LogP contribution < -0.4 is 5.32 Å². The van der Waals surface area contributed by atoms with Gasteiger partial charge >= 0.3 is 12.4 Å². The van der Waals surface area contributed by atoms with E-state index in [1.165, 1.54) is 25.7 Å². The number of benzene rings is 2. The van der Waals surface area contributed by atoms with Gasteiger partial charge in [0.25, 0.3) is 0 Å². The second kappa shape index (κ2) is 9.34. The molecule has 1 N–H and O–H groups in total. The van der Waals surface area contributed by atoms with Gasteiger partial charge in [-0.3, -0.25) is 9.88 Å². The number of nitrogens with zero attached hydrogens (tertiary/aromatic N) is 2. The number of hydrogen-bond donors (Lipinski definition) is 1. The van der Waals surface area contributed by atoms with Crippen molar-refractivity contribution in [3.63, 3.8) is 0 Å². The SMILES string of the molecule is Cc1ccc2ncc(CNCc3cc(C(F)(F)F)cc(C(F)(F)F)c3)c(CN(C3CC3)C3CC3)c2c1. The first-order valence-corrected chi connectivity index (χ1v) is 12.1. The van der Waals surface area contributed by atoms with Crippen molar-refractivity contribution in [2.75, 3.05) is 0 Å². The topological polar surface area (TPSA) is 28.2 Å². The Hall–Kier alpha value is -2.65. The Morgan fingerprint density at radius 1 is 0.861 bits per heavy atom. The summed E-state index contributed by atoms with van der Waals surface area (Å²) in [4.78, 5) is 7.12. The highest BCUT2D eigenvalue weighted by Gasteiger charge is 2.39. The van der Waals surface area contributed by atoms with Crippen LogP contribution in [0.5, 0.6) is 0 Å². The lowest BCUT2D eigenvalue weighted by Crippen LogP contribution is -2.29. The average molecular weight is 508 g/mol. The van der Waals surface area contributed by atoms with Crippen molar-refractivity contribution in [3.8, 4) is 0 Å². The number of nitrogens with one attached hydrogen (secondary N) is 1. The fourth-order valence-electron chi connectivity index (χ4n) is 4.76. The Bertz CT molecular complexity index is 1210. The molecule has 9 heteroatoms. The van der Waals surface area contributed by atoms with E-state index in [4.69, 9.17) is 0 Å². The Kier molecular flexibility index (Phi) is 6.49. The lowest BCUT2D eigenvalue weighted by Gasteiger charge is -2.24. The fraction of sp³-hybridized carbons (Fsp3) is 0.444. The quantitative estimate of drug-likeness (QED) is 0.333. The van der Waals surface area contributed by atoms with E-state index < -0.39 is 23.5 Å². The highest BCUT2D eigenvalue weighted by molar-refractivity contribution is 5.83. The zero-order chi connectivity index (χ0) is 25.7. The van der Waals surface area contributed by atoms with E-state index in [1.807, 2.05) is 19.1 Å². The molecule has 1 heterocycles. The molecule has 3 aromatic rings. The molecule has 1 aromatic heterocycles. The monoisotopic (exact) mass is 507 g/mol. The summed E-state index contributed by atoms with van der Waals surface area (Å²) in [6.07, 6.45) is -3.22. The van der Waals surface area contributed by atoms with Crippen molar-refractivity contribution in [1.82, 2.24) is 15.2 Å². The molecule has 0 spiro atoms. The molecule has 2 aromatic carbocycles. The predicted molar refractivity (Wildman–Crippen MR) is 125 cm³/mol. The first-order valence-electron chi connectivity index (χ1n) is 12.1. The van der Waals surface area contributed by atoms with Crippen molar-refractivity contribution in [2.45, 2.75) is 76.7 Å². The van der Waals surface area contributed by atoms with Gasteiger partial charge in [0.1, 0.15) is 0 Å². The van der Waals surface area contributed by atoms with Gasteiger partial charge < -0.3 is 5.32 Å². The summed E-state index contributed by atoms with van der Waals surface area (Å²) in [5, 5.41) is 4.11. The number of rotatable bonds is 8. The second-order valence-electron chi connectivity index (χ2n) is 9.93. The number of aromatic nitrogens is 1. The minimum Gasteiger partial charge on any atom is -0.309 e. The maximum absolute atomic E-state index is 13.2. The third kappa shape index (κ3) is 5.67. The van der Waals surface area contributed by atoms with Crippen LogP contribution in [0.3, 0.4) is 0 Å². The van der Waals surface area contributed by atoms with Crippen LogP contribution in [-0.4, -0.2) is 22.0 Å². The summed E-state index contributed by atoms with van der Waals surface area (Å²) in [6.45, 7) is 2.93. The molecule has 36 heavy (non-hydrogen) atoms. The summed E-state index contributed by atoms with van der Waals surface area (Å²) < 4.78 is 79.3. The molecule has 5 rings (SSSR count). The number of fused-ring (bicyclic) bond motifs is 1. The molecule has 0 radical (unpaired) electrons. The Morgan fingerprint density at radius 2 is 1.47 bits per heavy atom. The number of alkyl halides is 6. The Labute approximate surface area is 205 Å². The van der Waals surface area contributed by atoms with Gasteiger partial charge in [-0.15, -0.1) is 0 Å². The molecule has 3 nitrogen and oxygen atoms in total. The van der Waals surface area contributed by atoms with Crippen LogP contribution in [0, 0.1) is 6.92 Å². The van der Waals surface area contributed by atoms with E-state index in [9.17, 15) is 26.3 Å². The highest BCUT2D eigenvalue weighted by Crippen LogP contribution is 2.40. The summed E-state index contributed by atoms with van der Waals surface area (Å²) in [6, 6.07) is 8.94. The van der Waals surface area contributed by atoms with E-state index in [1.54, 1.807) is 6.20 Å². The van der Waals surface area contributed by atoms with Crippen LogP contribution in [0.25, 0.3) is 10.9 Å². The van der Waals surface area contributed by atoms with Crippen LogP contribution in [0.4, 0.5) is 26.3 Å². The predicted octanol–water partition coefficient (Wildman–Crippen LogP) is 7.00. The Morgan fingerprint density at radius 3 is 2.03 bits per heavy atom. The van der Waals surface area contributed by atoms with E-state index in [0.29, 0.717) is 12.1 Å². The van der Waals surface area contributed by atoms with E-state index in [-0.39, 0.29) is 24.7 Å². The van der Waals surface area contributed by atoms with Gasteiger partial charge in [-0.05, 0) is 79.6 Å². The summed E-state index contributed by atoms with van der Waals surface area (Å²) in [7, 11) is 0. The zero-order valence-corrected chi connectivity index (χ0v) is 19.8. The van der Waals surface area contributed by atoms with Gasteiger partial charge in [-0.25, -0.2) is 0 Å². The van der Waals surface area contributed by atoms with Crippen molar-refractivity contribution >= 4 is 10.9 Å².